The standard InChI is InChI=1S/C18H24N6O3S/c1-18(3-6-28-17(19)24-18)12-7-13(9-20-8-12)23-16(25)14-10-22-15(11-21-14)27-5-4-26-2/h7,9-12H,3-6,8H2,1-2H3,(H2,19,24)(H,23,25)/t12?,18-/m0/s1. The Balaban J connectivity index is 1.64. The van der Waals surface area contributed by atoms with Crippen molar-refractivity contribution < 1.29 is 14.3 Å². The van der Waals surface area contributed by atoms with E-state index < -0.39 is 0 Å². The lowest BCUT2D eigenvalue weighted by atomic mass is 9.82. The molecule has 0 saturated carbocycles. The third-order valence-corrected chi connectivity index (χ3v) is 5.39. The van der Waals surface area contributed by atoms with Crippen LogP contribution < -0.4 is 15.8 Å². The lowest BCUT2D eigenvalue weighted by Gasteiger charge is -2.36. The van der Waals surface area contributed by atoms with Crippen molar-refractivity contribution in [2.24, 2.45) is 21.6 Å². The number of nitrogens with one attached hydrogen (secondary N) is 1. The molecule has 1 aromatic rings. The van der Waals surface area contributed by atoms with E-state index in [0.29, 0.717) is 36.5 Å². The molecule has 0 saturated heterocycles. The summed E-state index contributed by atoms with van der Waals surface area (Å²) in [6, 6.07) is 0. The molecule has 28 heavy (non-hydrogen) atoms. The van der Waals surface area contributed by atoms with Crippen molar-refractivity contribution in [1.29, 1.82) is 0 Å². The van der Waals surface area contributed by atoms with Crippen molar-refractivity contribution in [2.45, 2.75) is 18.9 Å². The predicted octanol–water partition coefficient (Wildman–Crippen LogP) is 1.03. The highest BCUT2D eigenvalue weighted by atomic mass is 32.2. The van der Waals surface area contributed by atoms with E-state index in [1.54, 1.807) is 25.1 Å². The van der Waals surface area contributed by atoms with Crippen LogP contribution in [-0.4, -0.2) is 65.4 Å². The maximum absolute atomic E-state index is 12.5. The van der Waals surface area contributed by atoms with E-state index in [1.807, 2.05) is 6.08 Å². The lowest BCUT2D eigenvalue weighted by Crippen LogP contribution is -2.41. The molecule has 0 aromatic carbocycles. The third-order valence-electron chi connectivity index (χ3n) is 4.59. The molecule has 0 fully saturated rings. The highest BCUT2D eigenvalue weighted by Crippen LogP contribution is 2.34. The lowest BCUT2D eigenvalue weighted by molar-refractivity contribution is 0.0961. The highest BCUT2D eigenvalue weighted by molar-refractivity contribution is 8.13. The molecule has 0 aliphatic carbocycles. The summed E-state index contributed by atoms with van der Waals surface area (Å²) in [7, 11) is 1.59. The van der Waals surface area contributed by atoms with Gasteiger partial charge in [0.15, 0.2) is 5.17 Å². The van der Waals surface area contributed by atoms with Crippen LogP contribution >= 0.6 is 11.8 Å². The molecule has 0 radical (unpaired) electrons. The fourth-order valence-electron chi connectivity index (χ4n) is 2.93. The molecule has 2 atom stereocenters. The normalized spacial score (nSPS) is 24.3. The zero-order valence-electron chi connectivity index (χ0n) is 15.9. The van der Waals surface area contributed by atoms with Crippen LogP contribution in [0, 0.1) is 5.92 Å². The van der Waals surface area contributed by atoms with Crippen LogP contribution in [0.25, 0.3) is 0 Å². The van der Waals surface area contributed by atoms with Gasteiger partial charge in [0.2, 0.25) is 5.88 Å². The van der Waals surface area contributed by atoms with Crippen molar-refractivity contribution >= 4 is 29.1 Å². The number of dihydropyridines is 1. The Bertz CT molecular complexity index is 795. The molecule has 0 bridgehead atoms. The second kappa shape index (κ2) is 9.16. The van der Waals surface area contributed by atoms with Crippen molar-refractivity contribution in [3.05, 3.63) is 29.9 Å². The quantitative estimate of drug-likeness (QED) is 0.650. The summed E-state index contributed by atoms with van der Waals surface area (Å²) in [5.41, 5.74) is 6.41. The van der Waals surface area contributed by atoms with E-state index in [4.69, 9.17) is 15.2 Å². The summed E-state index contributed by atoms with van der Waals surface area (Å²) in [6.07, 6.45) is 7.34. The summed E-state index contributed by atoms with van der Waals surface area (Å²) in [5.74, 6) is 0.970. The van der Waals surface area contributed by atoms with Gasteiger partial charge in [-0.3, -0.25) is 14.8 Å². The number of carbonyl (C=O) groups is 1. The van der Waals surface area contributed by atoms with Crippen LogP contribution in [0.5, 0.6) is 5.88 Å². The number of aromatic nitrogens is 2. The SMILES string of the molecule is COCCOc1cnc(C(=O)NC2=CC([C@]3(C)CCSC(N)=N3)CN=C2)cn1. The molecule has 1 unspecified atom stereocenters. The van der Waals surface area contributed by atoms with Gasteiger partial charge in [0.05, 0.1) is 30.2 Å². The van der Waals surface area contributed by atoms with Gasteiger partial charge in [-0.25, -0.2) is 9.97 Å². The van der Waals surface area contributed by atoms with Crippen LogP contribution in [0.15, 0.2) is 34.2 Å². The molecular formula is C18H24N6O3S. The van der Waals surface area contributed by atoms with E-state index in [9.17, 15) is 4.79 Å². The molecule has 3 rings (SSSR count). The number of rotatable bonds is 7. The minimum Gasteiger partial charge on any atom is -0.474 e. The van der Waals surface area contributed by atoms with Crippen molar-refractivity contribution in [3.63, 3.8) is 0 Å². The number of thioether (sulfide) groups is 1. The molecule has 9 nitrogen and oxygen atoms in total. The van der Waals surface area contributed by atoms with E-state index in [2.05, 4.69) is 32.2 Å². The number of methoxy groups -OCH3 is 1. The number of allylic oxidation sites excluding steroid dienone is 1. The summed E-state index contributed by atoms with van der Waals surface area (Å²) in [5, 5.41) is 3.43. The Kier molecular flexibility index (Phi) is 6.63. The highest BCUT2D eigenvalue weighted by Gasteiger charge is 2.36. The van der Waals surface area contributed by atoms with Gasteiger partial charge in [-0.2, -0.15) is 0 Å². The van der Waals surface area contributed by atoms with Gasteiger partial charge in [-0.05, 0) is 13.3 Å². The average Bonchev–Trinajstić information content (AvgIpc) is 2.69. The third kappa shape index (κ3) is 5.08. The van der Waals surface area contributed by atoms with Gasteiger partial charge in [0, 0.05) is 31.5 Å². The maximum atomic E-state index is 12.5. The first-order valence-corrected chi connectivity index (χ1v) is 9.93. The first-order chi connectivity index (χ1) is 13.5. The summed E-state index contributed by atoms with van der Waals surface area (Å²) in [4.78, 5) is 29.7. The van der Waals surface area contributed by atoms with Crippen molar-refractivity contribution in [3.8, 4) is 5.88 Å². The summed E-state index contributed by atoms with van der Waals surface area (Å²) < 4.78 is 10.2. The Labute approximate surface area is 167 Å². The van der Waals surface area contributed by atoms with Crippen LogP contribution in [0.3, 0.4) is 0 Å². The number of amides is 1. The number of nitrogens with two attached hydrogens (primary N) is 1. The molecule has 3 N–H and O–H groups in total. The smallest absolute Gasteiger partial charge is 0.275 e. The van der Waals surface area contributed by atoms with E-state index in [-0.39, 0.29) is 23.1 Å². The molecule has 1 aromatic heterocycles. The average molecular weight is 404 g/mol. The number of carbonyl (C=O) groups excluding carboxylic acids is 1. The van der Waals surface area contributed by atoms with E-state index in [1.165, 1.54) is 12.4 Å². The molecule has 2 aliphatic heterocycles. The van der Waals surface area contributed by atoms with Gasteiger partial charge < -0.3 is 20.5 Å². The number of ether oxygens (including phenoxy) is 2. The van der Waals surface area contributed by atoms with Gasteiger partial charge in [-0.1, -0.05) is 17.8 Å². The molecule has 1 amide bonds. The maximum Gasteiger partial charge on any atom is 0.275 e. The zero-order valence-corrected chi connectivity index (χ0v) is 16.7. The second-order valence-electron chi connectivity index (χ2n) is 6.66. The Hall–Kier alpha value is -2.46. The van der Waals surface area contributed by atoms with Gasteiger partial charge in [-0.15, -0.1) is 0 Å². The number of hydrogen-bond donors (Lipinski definition) is 2. The molecule has 0 spiro atoms. The van der Waals surface area contributed by atoms with Crippen LogP contribution in [0.1, 0.15) is 23.8 Å². The zero-order chi connectivity index (χ0) is 20.0. The molecule has 150 valence electrons. The topological polar surface area (TPSA) is 124 Å². The van der Waals surface area contributed by atoms with E-state index >= 15 is 0 Å². The summed E-state index contributed by atoms with van der Waals surface area (Å²) in [6.45, 7) is 3.51. The minimum absolute atomic E-state index is 0.0647. The Morgan fingerprint density at radius 3 is 2.96 bits per heavy atom. The first-order valence-electron chi connectivity index (χ1n) is 8.95. The molecular weight excluding hydrogens is 380 g/mol. The fourth-order valence-corrected chi connectivity index (χ4v) is 3.93. The number of nitrogens with zero attached hydrogens (tertiary/aromatic N) is 4. The number of aliphatic imine (C=N–C) groups is 2. The summed E-state index contributed by atoms with van der Waals surface area (Å²) >= 11 is 1.57. The Morgan fingerprint density at radius 2 is 2.25 bits per heavy atom. The number of hydrogen-bond acceptors (Lipinski definition) is 9. The van der Waals surface area contributed by atoms with Crippen molar-refractivity contribution in [2.75, 3.05) is 32.6 Å². The predicted molar refractivity (Wildman–Crippen MR) is 109 cm³/mol. The molecule has 10 heteroatoms. The Morgan fingerprint density at radius 1 is 1.39 bits per heavy atom. The van der Waals surface area contributed by atoms with Gasteiger partial charge in [0.25, 0.3) is 5.91 Å². The minimum atomic E-state index is -0.360. The first kappa shape index (κ1) is 20.3. The van der Waals surface area contributed by atoms with E-state index in [0.717, 1.165) is 12.2 Å². The number of amidine groups is 1. The van der Waals surface area contributed by atoms with Gasteiger partial charge in [0.1, 0.15) is 12.3 Å². The van der Waals surface area contributed by atoms with Crippen LogP contribution in [0.2, 0.25) is 0 Å². The second-order valence-corrected chi connectivity index (χ2v) is 7.78. The van der Waals surface area contributed by atoms with Crippen molar-refractivity contribution in [1.82, 2.24) is 15.3 Å². The van der Waals surface area contributed by atoms with Crippen LogP contribution in [-0.2, 0) is 4.74 Å². The fraction of sp³-hybridized carbons (Fsp3) is 0.500. The molecule has 2 aliphatic rings. The monoisotopic (exact) mass is 404 g/mol. The molecule has 3 heterocycles. The van der Waals surface area contributed by atoms with Crippen LogP contribution in [0.4, 0.5) is 0 Å². The largest absolute Gasteiger partial charge is 0.474 e. The van der Waals surface area contributed by atoms with Gasteiger partial charge >= 0.3 is 0 Å².